The van der Waals surface area contributed by atoms with Gasteiger partial charge in [0.05, 0.1) is 0 Å². The van der Waals surface area contributed by atoms with E-state index in [2.05, 4.69) is 156 Å². The van der Waals surface area contributed by atoms with Gasteiger partial charge in [0, 0.05) is 24.5 Å². The van der Waals surface area contributed by atoms with Crippen molar-refractivity contribution in [1.29, 1.82) is 0 Å². The molecular weight excluding hydrogens is 1820 g/mol. The van der Waals surface area contributed by atoms with E-state index in [-0.39, 0.29) is 23.5 Å². The molecule has 0 saturated heterocycles. The fraction of sp³-hybridized carbons (Fsp3) is 0.769. The van der Waals surface area contributed by atoms with Gasteiger partial charge >= 0.3 is 0 Å². The van der Waals surface area contributed by atoms with E-state index in [1.807, 2.05) is 0 Å². The Balaban J connectivity index is 0.000000266. The molecule has 5 aromatic rings. The molecule has 140 heavy (non-hydrogen) atoms. The van der Waals surface area contributed by atoms with Crippen LogP contribution in [0.5, 0.6) is 0 Å². The van der Waals surface area contributed by atoms with Crippen LogP contribution >= 0.6 is 63.1 Å². The Morgan fingerprint density at radius 1 is 0.143 bits per heavy atom. The summed E-state index contributed by atoms with van der Waals surface area (Å²) in [6.07, 6.45) is 110. The Morgan fingerprint density at radius 2 is 0.250 bits per heavy atom. The Morgan fingerprint density at radius 3 is 0.371 bits per heavy atom. The number of benzene rings is 5. The number of hydrogen-bond donors (Lipinski definition) is 0. The maximum Gasteiger partial charge on any atom is 0.0377 e. The molecule has 795 valence electrons. The fourth-order valence-electron chi connectivity index (χ4n) is 29.1. The molecule has 10 aliphatic rings. The van der Waals surface area contributed by atoms with E-state index in [0.29, 0.717) is 0 Å². The van der Waals surface area contributed by atoms with Crippen molar-refractivity contribution in [1.82, 2.24) is 0 Å². The summed E-state index contributed by atoms with van der Waals surface area (Å²) in [7, 11) is 0. The smallest absolute Gasteiger partial charge is 0.0377 e. The van der Waals surface area contributed by atoms with Crippen molar-refractivity contribution >= 4 is 63.1 Å². The van der Waals surface area contributed by atoms with Gasteiger partial charge in [-0.1, -0.05) is 447 Å². The summed E-state index contributed by atoms with van der Waals surface area (Å²) in [6, 6.07) is 43.9. The Hall–Kier alpha value is -3.15. The molecule has 10 heteroatoms. The number of unbranched alkanes of at least 4 members (excludes halogenated alkanes) is 25. The highest BCUT2D eigenvalue weighted by atomic mass is 32.1. The van der Waals surface area contributed by atoms with Crippen LogP contribution in [0.2, 0.25) is 0 Å². The van der Waals surface area contributed by atoms with Crippen LogP contribution < -0.4 is 0 Å². The van der Waals surface area contributed by atoms with Crippen LogP contribution in [0.3, 0.4) is 0 Å². The molecule has 0 atom stereocenters. The maximum atomic E-state index is 5.24. The van der Waals surface area contributed by atoms with Crippen LogP contribution in [0.1, 0.15) is 574 Å². The first-order chi connectivity index (χ1) is 66.3. The van der Waals surface area contributed by atoms with Gasteiger partial charge in [-0.2, -0.15) is 0 Å². The van der Waals surface area contributed by atoms with Gasteiger partial charge in [0.2, 0.25) is 0 Å². The summed E-state index contributed by atoms with van der Waals surface area (Å²) in [5.41, 5.74) is 7.66. The zero-order chi connectivity index (χ0) is 94.5. The first-order valence-corrected chi connectivity index (χ1v) is 62.2. The van der Waals surface area contributed by atoms with Crippen LogP contribution in [0, 0.1) is 88.8 Å². The van der Waals surface area contributed by atoms with Gasteiger partial charge < -0.3 is 0 Å². The number of hydrogen-bond acceptors (Lipinski definition) is 0. The summed E-state index contributed by atoms with van der Waals surface area (Å²) >= 11 is 26.2. The quantitative estimate of drug-likeness (QED) is 0.0269. The van der Waals surface area contributed by atoms with Gasteiger partial charge in [-0.05, 0) is 399 Å². The molecule has 0 spiro atoms. The van der Waals surface area contributed by atoms with Crippen LogP contribution in [0.15, 0.2) is 146 Å². The molecule has 15 rings (SSSR count). The van der Waals surface area contributed by atoms with Crippen molar-refractivity contribution < 1.29 is 23.5 Å². The summed E-state index contributed by atoms with van der Waals surface area (Å²) < 4.78 is 0. The van der Waals surface area contributed by atoms with Gasteiger partial charge in [0.25, 0.3) is 0 Å². The molecule has 10 fully saturated rings. The van der Waals surface area contributed by atoms with Crippen molar-refractivity contribution in [3.63, 3.8) is 0 Å². The highest BCUT2D eigenvalue weighted by Crippen LogP contribution is 2.52. The van der Waals surface area contributed by atoms with E-state index in [1.54, 1.807) is 0 Å². The monoisotopic (exact) mass is 2030 g/mol. The molecule has 0 aliphatic heterocycles. The Labute approximate surface area is 888 Å². The number of halogens is 5. The second kappa shape index (κ2) is 74.7. The van der Waals surface area contributed by atoms with Gasteiger partial charge in [0.15, 0.2) is 0 Å². The third kappa shape index (κ3) is 46.9. The van der Waals surface area contributed by atoms with Crippen molar-refractivity contribution in [3.05, 3.63) is 149 Å². The summed E-state index contributed by atoms with van der Waals surface area (Å²) in [4.78, 5) is 4.88. The van der Waals surface area contributed by atoms with Gasteiger partial charge in [-0.25, -0.2) is 0 Å². The third-order valence-corrected chi connectivity index (χ3v) is 39.6. The van der Waals surface area contributed by atoms with Crippen LogP contribution in [0.25, 0.3) is 0 Å². The van der Waals surface area contributed by atoms with Crippen molar-refractivity contribution in [2.45, 2.75) is 570 Å². The summed E-state index contributed by atoms with van der Waals surface area (Å²) in [6.45, 7) is 11.5. The van der Waals surface area contributed by atoms with E-state index < -0.39 is 0 Å². The highest BCUT2D eigenvalue weighted by molar-refractivity contribution is 7.81. The lowest BCUT2D eigenvalue weighted by Gasteiger charge is -2.38. The third-order valence-electron chi connectivity index (χ3n) is 38.2. The maximum absolute atomic E-state index is 5.24. The van der Waals surface area contributed by atoms with E-state index in [4.69, 9.17) is 63.1 Å². The minimum Gasteiger partial charge on any atom is -0.269 e. The molecule has 10 saturated carbocycles. The lowest BCUT2D eigenvalue weighted by atomic mass is 9.68. The number of rotatable bonds is 45. The van der Waals surface area contributed by atoms with Crippen molar-refractivity contribution in [2.24, 2.45) is 88.8 Å². The molecule has 0 nitrogen and oxygen atoms in total. The van der Waals surface area contributed by atoms with Crippen LogP contribution in [-0.2, 0) is 0 Å². The zero-order valence-corrected chi connectivity index (χ0v) is 94.3. The van der Waals surface area contributed by atoms with Crippen molar-refractivity contribution in [2.75, 3.05) is 0 Å². The van der Waals surface area contributed by atoms with Crippen LogP contribution in [-0.4, -0.2) is 0 Å². The molecule has 0 bridgehead atoms. The molecule has 0 heterocycles. The van der Waals surface area contributed by atoms with Crippen molar-refractivity contribution in [3.8, 4) is 0 Å². The normalized spacial score (nSPS) is 27.9. The summed E-state index contributed by atoms with van der Waals surface area (Å²) in [5.74, 6) is 19.6. The standard InChI is InChI=1S/5C26H41S.5FH/c5*1-2-3-4-5-6-7-8-21-9-11-22(12-10-21)23-13-15-24(16-14-23)25-17-19-26(27)20-18-25;;;;;/h5*17-24H,2-16H2,1H3;5*1H/t5*21-,22-,23?,24?;;;;;. The molecular formula is C130H210F5S5. The molecule has 5 radical (unpaired) electrons. The van der Waals surface area contributed by atoms with Gasteiger partial charge in [0.1, 0.15) is 0 Å². The lowest BCUT2D eigenvalue weighted by molar-refractivity contribution is 0.155. The second-order valence-corrected chi connectivity index (χ2v) is 49.9. The largest absolute Gasteiger partial charge is 0.269 e. The molecule has 0 aromatic heterocycles. The molecule has 0 N–H and O–H groups in total. The SMILES string of the molecule is CCCCCCCC[C@H]1CC[C@H](C2CCC(c3ccc([S])cc3)CC2)CC1.CCCCCCCC[C@H]1CC[C@H](C2CCC(c3ccc([S])cc3)CC2)CC1.CCCCCCCC[C@H]1CC[C@H](C2CCC(c3ccc([S])cc3)CC2)CC1.CCCCCCCC[C@H]1CC[C@H](C2CCC(c3ccc([S])cc3)CC2)CC1.CCCCCCCC[C@H]1CC[C@H](C2CCC(c3ccc([S])cc3)CC2)CC1.F.F.F.F.F. The average molecular weight is 2030 g/mol. The van der Waals surface area contributed by atoms with Gasteiger partial charge in [-0.15, -0.1) is 0 Å². The topological polar surface area (TPSA) is 0 Å². The predicted octanol–water partition coefficient (Wildman–Crippen LogP) is 46.1. The lowest BCUT2D eigenvalue weighted by Crippen LogP contribution is -2.25. The summed E-state index contributed by atoms with van der Waals surface area (Å²) in [5, 5.41) is 0. The Bertz CT molecular complexity index is 3110. The first kappa shape index (κ1) is 126. The molecule has 0 amide bonds. The molecule has 10 aliphatic carbocycles. The predicted molar refractivity (Wildman–Crippen MR) is 615 cm³/mol. The zero-order valence-electron chi connectivity index (χ0n) is 90.2. The van der Waals surface area contributed by atoms with Gasteiger partial charge in [-0.3, -0.25) is 23.5 Å². The Kier molecular flexibility index (Phi) is 67.0. The minimum atomic E-state index is 0. The molecule has 5 aromatic carbocycles. The van der Waals surface area contributed by atoms with E-state index in [1.165, 1.54) is 509 Å². The second-order valence-electron chi connectivity index (χ2n) is 47.6. The molecule has 0 unspecified atom stereocenters. The van der Waals surface area contributed by atoms with Crippen LogP contribution in [0.4, 0.5) is 23.5 Å². The first-order valence-electron chi connectivity index (χ1n) is 60.1. The fourth-order valence-corrected chi connectivity index (χ4v) is 29.8. The van der Waals surface area contributed by atoms with E-state index in [9.17, 15) is 0 Å². The highest BCUT2D eigenvalue weighted by Gasteiger charge is 2.38. The van der Waals surface area contributed by atoms with E-state index in [0.717, 1.165) is 143 Å². The minimum absolute atomic E-state index is 0. The average Bonchev–Trinajstić information content (AvgIpc) is 0.849. The van der Waals surface area contributed by atoms with E-state index >= 15 is 0 Å².